The molecule has 0 saturated carbocycles. The average molecular weight is 523 g/mol. The van der Waals surface area contributed by atoms with Gasteiger partial charge in [-0.15, -0.1) is 0 Å². The van der Waals surface area contributed by atoms with E-state index in [0.717, 1.165) is 18.2 Å². The van der Waals surface area contributed by atoms with Crippen molar-refractivity contribution in [3.05, 3.63) is 77.0 Å². The number of alkyl halides is 6. The van der Waals surface area contributed by atoms with Crippen LogP contribution in [0.3, 0.4) is 0 Å². The Morgan fingerprint density at radius 3 is 2.32 bits per heavy atom. The van der Waals surface area contributed by atoms with E-state index in [1.54, 1.807) is 6.08 Å². The first-order chi connectivity index (χ1) is 17.3. The van der Waals surface area contributed by atoms with Gasteiger partial charge in [0, 0.05) is 42.5 Å². The highest BCUT2D eigenvalue weighted by molar-refractivity contribution is 5.72. The van der Waals surface area contributed by atoms with Gasteiger partial charge in [0.1, 0.15) is 17.5 Å². The van der Waals surface area contributed by atoms with E-state index in [1.807, 2.05) is 13.8 Å². The number of aromatic nitrogens is 3. The molecule has 0 fully saturated rings. The molecule has 0 bridgehead atoms. The first-order valence-electron chi connectivity index (χ1n) is 11.3. The zero-order chi connectivity index (χ0) is 27.0. The number of aliphatic hydroxyl groups excluding tert-OH is 1. The topological polar surface area (TPSA) is 74.2 Å². The van der Waals surface area contributed by atoms with Crippen LogP contribution in [0.15, 0.2) is 48.8 Å². The molecule has 0 aliphatic carbocycles. The van der Waals surface area contributed by atoms with Crippen LogP contribution in [0.2, 0.25) is 0 Å². The van der Waals surface area contributed by atoms with Crippen molar-refractivity contribution in [2.24, 2.45) is 0 Å². The maximum absolute atomic E-state index is 13.6. The fraction of sp³-hybridized carbons (Fsp3) is 0.320. The normalized spacial score (nSPS) is 14.9. The Balaban J connectivity index is 1.68. The minimum absolute atomic E-state index is 0.0638. The molecule has 1 aliphatic heterocycles. The first kappa shape index (κ1) is 26.4. The molecule has 0 amide bonds. The number of hydrogen-bond acceptors (Lipinski definition) is 6. The molecule has 6 nitrogen and oxygen atoms in total. The number of nitrogens with zero attached hydrogens (tertiary/aromatic N) is 4. The van der Waals surface area contributed by atoms with Gasteiger partial charge in [0.25, 0.3) is 0 Å². The Bertz CT molecular complexity index is 1290. The summed E-state index contributed by atoms with van der Waals surface area (Å²) in [6.07, 6.45) is -7.32. The van der Waals surface area contributed by atoms with E-state index in [-0.39, 0.29) is 23.8 Å². The number of rotatable bonds is 5. The van der Waals surface area contributed by atoms with Gasteiger partial charge in [0.2, 0.25) is 0 Å². The number of nitrogens with one attached hydrogen (secondary N) is 1. The number of benzene rings is 1. The zero-order valence-electron chi connectivity index (χ0n) is 19.8. The fourth-order valence-corrected chi connectivity index (χ4v) is 3.82. The molecule has 1 unspecified atom stereocenters. The fourth-order valence-electron chi connectivity index (χ4n) is 3.82. The Morgan fingerprint density at radius 1 is 1.00 bits per heavy atom. The van der Waals surface area contributed by atoms with Crippen LogP contribution in [0, 0.1) is 0 Å². The van der Waals surface area contributed by atoms with Crippen molar-refractivity contribution in [3.8, 4) is 0 Å². The second-order valence-corrected chi connectivity index (χ2v) is 8.77. The van der Waals surface area contributed by atoms with Crippen molar-refractivity contribution < 1.29 is 31.4 Å². The highest BCUT2D eigenvalue weighted by Gasteiger charge is 2.39. The Labute approximate surface area is 208 Å². The van der Waals surface area contributed by atoms with Gasteiger partial charge in [-0.2, -0.15) is 26.3 Å². The largest absolute Gasteiger partial charge is 0.419 e. The molecular weight excluding hydrogens is 500 g/mol. The van der Waals surface area contributed by atoms with E-state index in [4.69, 9.17) is 0 Å². The van der Waals surface area contributed by atoms with Gasteiger partial charge >= 0.3 is 12.4 Å². The summed E-state index contributed by atoms with van der Waals surface area (Å²) in [4.78, 5) is 14.5. The van der Waals surface area contributed by atoms with Crippen molar-refractivity contribution in [2.45, 2.75) is 44.6 Å². The summed E-state index contributed by atoms with van der Waals surface area (Å²) in [5.41, 5.74) is 0.379. The SMILES string of the molecule is CC(C)c1nc2c(c(Nc3ccc(C(O)C(F)(F)F)cc3)n1)C=CN(c1ncccc1C(F)(F)F)CC2. The van der Waals surface area contributed by atoms with Gasteiger partial charge < -0.3 is 15.3 Å². The smallest absolute Gasteiger partial charge is 0.379 e. The summed E-state index contributed by atoms with van der Waals surface area (Å²) >= 11 is 0. The molecule has 1 atom stereocenters. The first-order valence-corrected chi connectivity index (χ1v) is 11.3. The minimum atomic E-state index is -4.79. The van der Waals surface area contributed by atoms with Crippen LogP contribution < -0.4 is 10.2 Å². The lowest BCUT2D eigenvalue weighted by Crippen LogP contribution is -2.23. The van der Waals surface area contributed by atoms with Crippen molar-refractivity contribution in [1.29, 1.82) is 0 Å². The van der Waals surface area contributed by atoms with Gasteiger partial charge in [-0.1, -0.05) is 26.0 Å². The molecule has 0 spiro atoms. The lowest BCUT2D eigenvalue weighted by Gasteiger charge is -2.21. The Morgan fingerprint density at radius 2 is 1.70 bits per heavy atom. The Hall–Kier alpha value is -3.67. The highest BCUT2D eigenvalue weighted by atomic mass is 19.4. The third kappa shape index (κ3) is 5.85. The van der Waals surface area contributed by atoms with E-state index in [1.165, 1.54) is 35.5 Å². The number of halogens is 6. The molecule has 4 rings (SSSR count). The lowest BCUT2D eigenvalue weighted by molar-refractivity contribution is -0.206. The molecular formula is C25H23F6N5O. The van der Waals surface area contributed by atoms with Crippen LogP contribution in [0.4, 0.5) is 43.7 Å². The second kappa shape index (κ2) is 10.0. The monoisotopic (exact) mass is 523 g/mol. The predicted octanol–water partition coefficient (Wildman–Crippen LogP) is 6.39. The summed E-state index contributed by atoms with van der Waals surface area (Å²) in [6, 6.07) is 7.26. The van der Waals surface area contributed by atoms with Gasteiger partial charge in [0.05, 0.1) is 11.3 Å². The summed E-state index contributed by atoms with van der Waals surface area (Å²) in [7, 11) is 0. The van der Waals surface area contributed by atoms with E-state index < -0.39 is 24.0 Å². The number of pyridine rings is 1. The molecule has 1 aliphatic rings. The maximum Gasteiger partial charge on any atom is 0.419 e. The van der Waals surface area contributed by atoms with Crippen molar-refractivity contribution in [3.63, 3.8) is 0 Å². The second-order valence-electron chi connectivity index (χ2n) is 8.77. The molecule has 196 valence electrons. The summed E-state index contributed by atoms with van der Waals surface area (Å²) in [6.45, 7) is 3.96. The Kier molecular flexibility index (Phi) is 7.13. The third-order valence-electron chi connectivity index (χ3n) is 5.73. The molecule has 3 aromatic rings. The molecule has 12 heteroatoms. The zero-order valence-corrected chi connectivity index (χ0v) is 19.8. The molecule has 2 aromatic heterocycles. The van der Waals surface area contributed by atoms with Crippen molar-refractivity contribution in [2.75, 3.05) is 16.8 Å². The number of fused-ring (bicyclic) bond motifs is 1. The number of anilines is 3. The maximum atomic E-state index is 13.6. The van der Waals surface area contributed by atoms with E-state index in [0.29, 0.717) is 35.0 Å². The van der Waals surface area contributed by atoms with Crippen LogP contribution in [-0.2, 0) is 12.6 Å². The number of hydrogen-bond donors (Lipinski definition) is 2. The molecule has 37 heavy (non-hydrogen) atoms. The van der Waals surface area contributed by atoms with Crippen molar-refractivity contribution in [1.82, 2.24) is 15.0 Å². The van der Waals surface area contributed by atoms with E-state index in [9.17, 15) is 31.4 Å². The van der Waals surface area contributed by atoms with Crippen LogP contribution >= 0.6 is 0 Å². The lowest BCUT2D eigenvalue weighted by atomic mass is 10.1. The summed E-state index contributed by atoms with van der Waals surface area (Å²) in [5, 5.41) is 12.5. The quantitative estimate of drug-likeness (QED) is 0.378. The van der Waals surface area contributed by atoms with Crippen LogP contribution in [0.25, 0.3) is 6.08 Å². The van der Waals surface area contributed by atoms with Crippen molar-refractivity contribution >= 4 is 23.4 Å². The molecule has 0 radical (unpaired) electrons. The number of aliphatic hydroxyl groups is 1. The summed E-state index contributed by atoms with van der Waals surface area (Å²) < 4.78 is 79.1. The summed E-state index contributed by atoms with van der Waals surface area (Å²) in [5.74, 6) is 0.560. The van der Waals surface area contributed by atoms with Gasteiger partial charge in [-0.3, -0.25) is 0 Å². The van der Waals surface area contributed by atoms with Gasteiger partial charge in [0.15, 0.2) is 6.10 Å². The van der Waals surface area contributed by atoms with Gasteiger partial charge in [-0.05, 0) is 35.9 Å². The highest BCUT2D eigenvalue weighted by Crippen LogP contribution is 2.37. The predicted molar refractivity (Wildman–Crippen MR) is 126 cm³/mol. The molecule has 2 N–H and O–H groups in total. The van der Waals surface area contributed by atoms with Crippen LogP contribution in [0.1, 0.15) is 54.1 Å². The minimum Gasteiger partial charge on any atom is -0.379 e. The third-order valence-corrected chi connectivity index (χ3v) is 5.73. The van der Waals surface area contributed by atoms with E-state index in [2.05, 4.69) is 20.3 Å². The average Bonchev–Trinajstić information content (AvgIpc) is 3.06. The molecule has 1 aromatic carbocycles. The van der Waals surface area contributed by atoms with Crippen LogP contribution in [-0.4, -0.2) is 32.8 Å². The molecule has 3 heterocycles. The van der Waals surface area contributed by atoms with Crippen LogP contribution in [0.5, 0.6) is 0 Å². The standard InChI is InChI=1S/C25H23F6N5O/c1-14(2)21-34-19-10-13-36(23-18(24(26,27)28)4-3-11-32-23)12-9-17(19)22(35-21)33-16-7-5-15(6-8-16)20(37)25(29,30)31/h3-9,11-12,14,20,37H,10,13H2,1-2H3,(H,33,34,35). The van der Waals surface area contributed by atoms with Gasteiger partial charge in [-0.25, -0.2) is 15.0 Å². The molecule has 0 saturated heterocycles. The van der Waals surface area contributed by atoms with E-state index >= 15 is 0 Å².